The minimum Gasteiger partial charge on any atom is -0.342 e. The molecule has 0 aromatic carbocycles. The summed E-state index contributed by atoms with van der Waals surface area (Å²) in [6, 6.07) is -0.0198. The summed E-state index contributed by atoms with van der Waals surface area (Å²) in [7, 11) is 3.08. The van der Waals surface area contributed by atoms with E-state index in [1.54, 1.807) is 7.05 Å². The zero-order valence-electron chi connectivity index (χ0n) is 16.6. The third kappa shape index (κ3) is 3.56. The van der Waals surface area contributed by atoms with Crippen molar-refractivity contribution >= 4 is 28.8 Å². The molecule has 1 amide bonds. The van der Waals surface area contributed by atoms with Crippen molar-refractivity contribution in [2.45, 2.75) is 44.8 Å². The van der Waals surface area contributed by atoms with Gasteiger partial charge in [-0.25, -0.2) is 9.78 Å². The SMILES string of the molecule is CC1CCN(C(=O)CSc2nc3c(c(=O)n(C)c(=O)n3C)n2C(C)C)CC1. The van der Waals surface area contributed by atoms with Gasteiger partial charge in [-0.1, -0.05) is 18.7 Å². The number of piperidine rings is 1. The minimum absolute atomic E-state index is 0.0198. The molecule has 0 saturated carbocycles. The summed E-state index contributed by atoms with van der Waals surface area (Å²) in [6.45, 7) is 7.74. The number of amides is 1. The van der Waals surface area contributed by atoms with Gasteiger partial charge in [-0.15, -0.1) is 0 Å². The quantitative estimate of drug-likeness (QED) is 0.733. The number of aryl methyl sites for hydroxylation is 1. The van der Waals surface area contributed by atoms with E-state index < -0.39 is 5.69 Å². The molecule has 1 saturated heterocycles. The van der Waals surface area contributed by atoms with Gasteiger partial charge in [0.1, 0.15) is 0 Å². The molecule has 0 bridgehead atoms. The maximum atomic E-state index is 12.7. The Labute approximate surface area is 162 Å². The molecular formula is C18H27N5O3S. The Kier molecular flexibility index (Phi) is 5.50. The van der Waals surface area contributed by atoms with Gasteiger partial charge in [0.05, 0.1) is 5.75 Å². The van der Waals surface area contributed by atoms with E-state index in [9.17, 15) is 14.4 Å². The standard InChI is InChI=1S/C18H27N5O3S/c1-11(2)23-14-15(20(4)18(26)21(5)16(14)25)19-17(23)27-10-13(24)22-8-6-12(3)7-9-22/h11-12H,6-10H2,1-5H3. The largest absolute Gasteiger partial charge is 0.342 e. The molecule has 0 radical (unpaired) electrons. The Bertz CT molecular complexity index is 980. The van der Waals surface area contributed by atoms with Gasteiger partial charge in [0, 0.05) is 33.2 Å². The van der Waals surface area contributed by atoms with E-state index in [0.29, 0.717) is 22.2 Å². The zero-order valence-corrected chi connectivity index (χ0v) is 17.4. The molecule has 1 aliphatic heterocycles. The van der Waals surface area contributed by atoms with Gasteiger partial charge in [-0.2, -0.15) is 0 Å². The molecule has 27 heavy (non-hydrogen) atoms. The van der Waals surface area contributed by atoms with Crippen LogP contribution in [0.15, 0.2) is 14.7 Å². The van der Waals surface area contributed by atoms with Crippen LogP contribution in [0, 0.1) is 5.92 Å². The van der Waals surface area contributed by atoms with E-state index in [1.807, 2.05) is 23.3 Å². The third-order valence-electron chi connectivity index (χ3n) is 5.24. The zero-order chi connectivity index (χ0) is 19.9. The van der Waals surface area contributed by atoms with Crippen LogP contribution in [0.2, 0.25) is 0 Å². The third-order valence-corrected chi connectivity index (χ3v) is 6.17. The second kappa shape index (κ2) is 7.53. The lowest BCUT2D eigenvalue weighted by Crippen LogP contribution is -2.39. The lowest BCUT2D eigenvalue weighted by atomic mass is 9.99. The summed E-state index contributed by atoms with van der Waals surface area (Å²) in [4.78, 5) is 43.9. The first-order valence-corrected chi connectivity index (χ1v) is 10.3. The van der Waals surface area contributed by atoms with Gasteiger partial charge in [-0.05, 0) is 32.6 Å². The fourth-order valence-electron chi connectivity index (χ4n) is 3.45. The first kappa shape index (κ1) is 19.7. The molecule has 0 unspecified atom stereocenters. The van der Waals surface area contributed by atoms with Crippen LogP contribution in [0.1, 0.15) is 39.7 Å². The Morgan fingerprint density at radius 3 is 2.41 bits per heavy atom. The first-order valence-electron chi connectivity index (χ1n) is 9.30. The highest BCUT2D eigenvalue weighted by atomic mass is 32.2. The van der Waals surface area contributed by atoms with E-state index >= 15 is 0 Å². The predicted molar refractivity (Wildman–Crippen MR) is 106 cm³/mol. The average Bonchev–Trinajstić information content (AvgIpc) is 3.03. The van der Waals surface area contributed by atoms with Gasteiger partial charge >= 0.3 is 5.69 Å². The summed E-state index contributed by atoms with van der Waals surface area (Å²) in [5.41, 5.74) is -0.0108. The molecule has 3 heterocycles. The molecular weight excluding hydrogens is 366 g/mol. The normalized spacial score (nSPS) is 15.9. The predicted octanol–water partition coefficient (Wildman–Crippen LogP) is 1.37. The second-order valence-electron chi connectivity index (χ2n) is 7.59. The monoisotopic (exact) mass is 393 g/mol. The van der Waals surface area contributed by atoms with Crippen LogP contribution in [0.4, 0.5) is 0 Å². The van der Waals surface area contributed by atoms with Crippen LogP contribution >= 0.6 is 11.8 Å². The van der Waals surface area contributed by atoms with Crippen molar-refractivity contribution in [1.29, 1.82) is 0 Å². The Morgan fingerprint density at radius 1 is 1.19 bits per heavy atom. The van der Waals surface area contributed by atoms with E-state index in [1.165, 1.54) is 23.4 Å². The number of likely N-dealkylation sites (tertiary alicyclic amines) is 1. The van der Waals surface area contributed by atoms with Gasteiger partial charge in [0.25, 0.3) is 5.56 Å². The van der Waals surface area contributed by atoms with Crippen LogP contribution in [-0.4, -0.2) is 48.3 Å². The average molecular weight is 394 g/mol. The number of hydrogen-bond acceptors (Lipinski definition) is 5. The Balaban J connectivity index is 1.93. The van der Waals surface area contributed by atoms with Crippen LogP contribution in [0.5, 0.6) is 0 Å². The van der Waals surface area contributed by atoms with Crippen molar-refractivity contribution in [2.24, 2.45) is 20.0 Å². The van der Waals surface area contributed by atoms with E-state index in [4.69, 9.17) is 0 Å². The van der Waals surface area contributed by atoms with Crippen molar-refractivity contribution in [1.82, 2.24) is 23.6 Å². The molecule has 0 aliphatic carbocycles. The van der Waals surface area contributed by atoms with Gasteiger partial charge in [0.15, 0.2) is 16.3 Å². The molecule has 0 N–H and O–H groups in total. The van der Waals surface area contributed by atoms with Crippen molar-refractivity contribution in [3.8, 4) is 0 Å². The molecule has 2 aromatic rings. The Morgan fingerprint density at radius 2 is 1.81 bits per heavy atom. The van der Waals surface area contributed by atoms with E-state index in [0.717, 1.165) is 30.5 Å². The number of aromatic nitrogens is 4. The van der Waals surface area contributed by atoms with Crippen molar-refractivity contribution in [2.75, 3.05) is 18.8 Å². The number of thioether (sulfide) groups is 1. The molecule has 2 aromatic heterocycles. The molecule has 0 spiro atoms. The highest BCUT2D eigenvalue weighted by molar-refractivity contribution is 7.99. The maximum absolute atomic E-state index is 12.7. The molecule has 148 valence electrons. The van der Waals surface area contributed by atoms with Crippen LogP contribution in [0.25, 0.3) is 11.2 Å². The van der Waals surface area contributed by atoms with Gasteiger partial charge in [-0.3, -0.25) is 18.7 Å². The summed E-state index contributed by atoms with van der Waals surface area (Å²) in [5, 5.41) is 0.594. The van der Waals surface area contributed by atoms with Gasteiger partial charge < -0.3 is 9.47 Å². The van der Waals surface area contributed by atoms with Gasteiger partial charge in [0.2, 0.25) is 5.91 Å². The van der Waals surface area contributed by atoms with Crippen molar-refractivity contribution < 1.29 is 4.79 Å². The first-order chi connectivity index (χ1) is 12.7. The highest BCUT2D eigenvalue weighted by Gasteiger charge is 2.24. The number of nitrogens with zero attached hydrogens (tertiary/aromatic N) is 5. The summed E-state index contributed by atoms with van der Waals surface area (Å²) in [5.74, 6) is 1.04. The molecule has 3 rings (SSSR count). The summed E-state index contributed by atoms with van der Waals surface area (Å²) < 4.78 is 4.30. The second-order valence-corrected chi connectivity index (χ2v) is 8.53. The number of carbonyl (C=O) groups excluding carboxylic acids is 1. The Hall–Kier alpha value is -2.03. The van der Waals surface area contributed by atoms with Crippen LogP contribution < -0.4 is 11.2 Å². The number of hydrogen-bond donors (Lipinski definition) is 0. The molecule has 9 heteroatoms. The number of carbonyl (C=O) groups is 1. The lowest BCUT2D eigenvalue weighted by molar-refractivity contribution is -0.129. The summed E-state index contributed by atoms with van der Waals surface area (Å²) in [6.07, 6.45) is 2.08. The number of rotatable bonds is 4. The summed E-state index contributed by atoms with van der Waals surface area (Å²) >= 11 is 1.33. The van der Waals surface area contributed by atoms with E-state index in [2.05, 4.69) is 11.9 Å². The van der Waals surface area contributed by atoms with Crippen molar-refractivity contribution in [3.05, 3.63) is 20.8 Å². The molecule has 1 aliphatic rings. The number of fused-ring (bicyclic) bond motifs is 1. The fourth-order valence-corrected chi connectivity index (χ4v) is 4.48. The topological polar surface area (TPSA) is 82.1 Å². The van der Waals surface area contributed by atoms with E-state index in [-0.39, 0.29) is 23.3 Å². The molecule has 0 atom stereocenters. The van der Waals surface area contributed by atoms with Crippen LogP contribution in [0.3, 0.4) is 0 Å². The minimum atomic E-state index is -0.407. The fraction of sp³-hybridized carbons (Fsp3) is 0.667. The molecule has 1 fully saturated rings. The molecule has 8 nitrogen and oxygen atoms in total. The van der Waals surface area contributed by atoms with Crippen LogP contribution in [-0.2, 0) is 18.9 Å². The highest BCUT2D eigenvalue weighted by Crippen LogP contribution is 2.26. The maximum Gasteiger partial charge on any atom is 0.332 e. The number of imidazole rings is 1. The smallest absolute Gasteiger partial charge is 0.332 e. The van der Waals surface area contributed by atoms with Crippen molar-refractivity contribution in [3.63, 3.8) is 0 Å². The lowest BCUT2D eigenvalue weighted by Gasteiger charge is -2.30.